The van der Waals surface area contributed by atoms with E-state index >= 15 is 0 Å². The average molecular weight is 1090 g/mol. The third-order valence-corrected chi connectivity index (χ3v) is 7.50. The fourth-order valence-electron chi connectivity index (χ4n) is 4.88. The molecule has 1 aliphatic heterocycles. The maximum Gasteiger partial charge on any atom is 1.00 e. The number of ether oxygens (including phenoxy) is 3. The van der Waals surface area contributed by atoms with Crippen LogP contribution in [0.4, 0.5) is 18.0 Å². The Bertz CT molecular complexity index is 2500. The molecule has 22 heteroatoms. The fraction of sp³-hybridized carbons (Fsp3) is 0.308. The minimum atomic E-state index is -2.08. The number of benzene rings is 3. The van der Waals surface area contributed by atoms with Gasteiger partial charge in [-0.25, -0.2) is 32.2 Å². The third kappa shape index (κ3) is 17.8. The van der Waals surface area contributed by atoms with E-state index in [2.05, 4.69) is 43.7 Å². The molecular weight excluding hydrogens is 1050 g/mol. The van der Waals surface area contributed by atoms with Crippen molar-refractivity contribution in [2.24, 2.45) is 0 Å². The van der Waals surface area contributed by atoms with Crippen molar-refractivity contribution >= 4 is 63.0 Å². The molecule has 0 unspecified atom stereocenters. The van der Waals surface area contributed by atoms with Crippen LogP contribution in [-0.4, -0.2) is 101 Å². The molecule has 0 bridgehead atoms. The van der Waals surface area contributed by atoms with E-state index in [0.29, 0.717) is 32.7 Å². The molecule has 4 heterocycles. The smallest absolute Gasteiger partial charge is 0.565 e. The number of fused-ring (bicyclic) bond motifs is 3. The Labute approximate surface area is 464 Å². The van der Waals surface area contributed by atoms with E-state index in [9.17, 15) is 32.7 Å². The van der Waals surface area contributed by atoms with Crippen LogP contribution in [0.15, 0.2) is 60.2 Å². The second-order valence-corrected chi connectivity index (χ2v) is 14.0. The topological polar surface area (TPSA) is 247 Å². The van der Waals surface area contributed by atoms with E-state index in [0.717, 1.165) is 12.2 Å². The van der Waals surface area contributed by atoms with Gasteiger partial charge >= 0.3 is 156 Å². The SMILES string of the molecule is CC(C)=Cn1nc(C(=O)O)c2cc(F)ccc21.CC1(C)CO1.COC(=O)c1n[nH]c2ccc(F)cc12.COC(=O)c1nn(CC(C)(C)O)c2ccc(F)cc12.O=C([O-])O.[Cs+].[Cs+]. The van der Waals surface area contributed by atoms with Gasteiger partial charge in [-0.2, -0.15) is 15.3 Å². The van der Waals surface area contributed by atoms with Gasteiger partial charge in [0.1, 0.15) is 17.5 Å². The van der Waals surface area contributed by atoms with Crippen molar-refractivity contribution < 1.29 is 205 Å². The van der Waals surface area contributed by atoms with Gasteiger partial charge in [0, 0.05) is 22.4 Å². The summed E-state index contributed by atoms with van der Waals surface area (Å²) in [7, 11) is 2.49. The molecule has 7 rings (SSSR count). The van der Waals surface area contributed by atoms with Gasteiger partial charge in [-0.05, 0) is 96.1 Å². The molecular formula is C39H42Cs2F3N6O11+. The fourth-order valence-corrected chi connectivity index (χ4v) is 4.88. The minimum Gasteiger partial charge on any atom is -0.565 e. The zero-order valence-electron chi connectivity index (χ0n) is 35.2. The number of carboxylic acid groups (broad SMARTS) is 3. The van der Waals surface area contributed by atoms with Crippen molar-refractivity contribution in [1.82, 2.24) is 29.8 Å². The molecule has 4 N–H and O–H groups in total. The summed E-state index contributed by atoms with van der Waals surface area (Å²) < 4.78 is 56.2. The van der Waals surface area contributed by atoms with E-state index in [1.54, 1.807) is 20.0 Å². The Morgan fingerprint density at radius 3 is 1.72 bits per heavy atom. The molecule has 0 radical (unpaired) electrons. The molecule has 0 spiro atoms. The van der Waals surface area contributed by atoms with Crippen molar-refractivity contribution in [3.63, 3.8) is 0 Å². The number of nitrogens with one attached hydrogen (secondary N) is 1. The number of aromatic carboxylic acids is 1. The second-order valence-electron chi connectivity index (χ2n) is 14.0. The molecule has 316 valence electrons. The normalized spacial score (nSPS) is 11.9. The number of aromatic nitrogens is 6. The summed E-state index contributed by atoms with van der Waals surface area (Å²) in [6, 6.07) is 12.1. The Balaban J connectivity index is 0.000000411. The van der Waals surface area contributed by atoms with Crippen LogP contribution in [-0.2, 0) is 20.8 Å². The number of rotatable bonds is 6. The number of hydrogen-bond acceptors (Lipinski definition) is 12. The number of H-pyrrole nitrogens is 1. The van der Waals surface area contributed by atoms with Crippen LogP contribution in [0.2, 0.25) is 0 Å². The van der Waals surface area contributed by atoms with Crippen LogP contribution < -0.4 is 143 Å². The Kier molecular flexibility index (Phi) is 23.0. The first-order valence-corrected chi connectivity index (χ1v) is 17.3. The van der Waals surface area contributed by atoms with Crippen molar-refractivity contribution in [2.75, 3.05) is 20.8 Å². The first-order chi connectivity index (χ1) is 27.5. The van der Waals surface area contributed by atoms with Crippen molar-refractivity contribution in [1.29, 1.82) is 0 Å². The van der Waals surface area contributed by atoms with Gasteiger partial charge < -0.3 is 39.4 Å². The van der Waals surface area contributed by atoms with Gasteiger partial charge in [0.2, 0.25) is 6.16 Å². The molecule has 0 atom stereocenters. The monoisotopic (exact) mass is 1090 g/mol. The molecule has 1 fully saturated rings. The molecule has 17 nitrogen and oxygen atoms in total. The van der Waals surface area contributed by atoms with Gasteiger partial charge in [0.25, 0.3) is 0 Å². The van der Waals surface area contributed by atoms with Gasteiger partial charge in [-0.1, -0.05) is 5.57 Å². The van der Waals surface area contributed by atoms with Crippen molar-refractivity contribution in [3.05, 3.63) is 94.7 Å². The molecule has 6 aromatic rings. The number of esters is 2. The first kappa shape index (κ1) is 56.3. The van der Waals surface area contributed by atoms with Gasteiger partial charge in [-0.15, -0.1) is 0 Å². The van der Waals surface area contributed by atoms with E-state index in [4.69, 9.17) is 24.9 Å². The Morgan fingerprint density at radius 1 is 0.836 bits per heavy atom. The van der Waals surface area contributed by atoms with E-state index < -0.39 is 47.1 Å². The Hall–Kier alpha value is -2.70. The number of allylic oxidation sites excluding steroid dienone is 1. The molecule has 0 saturated carbocycles. The number of aromatic amines is 1. The summed E-state index contributed by atoms with van der Waals surface area (Å²) >= 11 is 0. The zero-order chi connectivity index (χ0) is 44.4. The molecule has 3 aromatic heterocycles. The summed E-state index contributed by atoms with van der Waals surface area (Å²) in [5, 5.41) is 49.6. The van der Waals surface area contributed by atoms with E-state index in [1.165, 1.54) is 78.2 Å². The summed E-state index contributed by atoms with van der Waals surface area (Å²) in [6.45, 7) is 12.3. The molecule has 0 amide bonds. The van der Waals surface area contributed by atoms with E-state index in [1.807, 2.05) is 13.8 Å². The van der Waals surface area contributed by atoms with Gasteiger partial charge in [-0.3, -0.25) is 9.78 Å². The zero-order valence-corrected chi connectivity index (χ0v) is 47.7. The first-order valence-electron chi connectivity index (χ1n) is 17.3. The number of halogens is 3. The van der Waals surface area contributed by atoms with E-state index in [-0.39, 0.29) is 167 Å². The number of carbonyl (C=O) groups is 4. The predicted molar refractivity (Wildman–Crippen MR) is 205 cm³/mol. The average Bonchev–Trinajstić information content (AvgIpc) is 3.41. The number of hydrogen-bond donors (Lipinski definition) is 4. The van der Waals surface area contributed by atoms with Crippen LogP contribution in [0, 0.1) is 17.5 Å². The number of aliphatic hydroxyl groups is 1. The summed E-state index contributed by atoms with van der Waals surface area (Å²) in [6.07, 6.45) is -0.382. The van der Waals surface area contributed by atoms with Crippen LogP contribution in [0.5, 0.6) is 0 Å². The number of carbonyl (C=O) groups excluding carboxylic acids is 2. The molecule has 61 heavy (non-hydrogen) atoms. The molecule has 1 saturated heterocycles. The number of epoxide rings is 1. The Morgan fingerprint density at radius 2 is 1.28 bits per heavy atom. The minimum absolute atomic E-state index is 0. The van der Waals surface area contributed by atoms with Gasteiger partial charge in [0.05, 0.1) is 55.1 Å². The van der Waals surface area contributed by atoms with Gasteiger partial charge in [0.15, 0.2) is 17.1 Å². The number of nitrogens with zero attached hydrogens (tertiary/aromatic N) is 5. The van der Waals surface area contributed by atoms with Crippen LogP contribution in [0.1, 0.15) is 73.0 Å². The van der Waals surface area contributed by atoms with Crippen LogP contribution in [0.3, 0.4) is 0 Å². The van der Waals surface area contributed by atoms with Crippen molar-refractivity contribution in [2.45, 2.75) is 59.3 Å². The summed E-state index contributed by atoms with van der Waals surface area (Å²) in [4.78, 5) is 42.3. The predicted octanol–water partition coefficient (Wildman–Crippen LogP) is -0.333. The maximum absolute atomic E-state index is 13.3. The third-order valence-electron chi connectivity index (χ3n) is 7.50. The molecule has 3 aromatic carbocycles. The molecule has 1 aliphatic rings. The van der Waals surface area contributed by atoms with Crippen molar-refractivity contribution in [3.8, 4) is 0 Å². The second kappa shape index (κ2) is 25.0. The van der Waals surface area contributed by atoms with Crippen LogP contribution >= 0.6 is 0 Å². The number of methoxy groups -OCH3 is 2. The number of carboxylic acids is 1. The quantitative estimate of drug-likeness (QED) is 0.123. The largest absolute Gasteiger partial charge is 1.00 e. The van der Waals surface area contributed by atoms with Crippen LogP contribution in [0.25, 0.3) is 38.9 Å². The molecule has 0 aliphatic carbocycles. The standard InChI is InChI=1S/C13H15FN2O3.C12H11FN2O2.C9H7FN2O2.C4H8O.CH2O3.2Cs/c1-13(2,18)7-16-10-5-4-8(14)6-9(10)11(15-16)12(17)19-3;1-7(2)6-15-10-4-3-8(13)5-9(10)11(14-15)12(16)17;1-14-9(13)8-6-4-5(10)2-3-7(6)11-12-8;1-4(2)3-5-4;2-1(3)4;;/h4-6,18H,7H2,1-3H3;3-6H,1-2H3,(H,16,17);2-4H,1H3,(H,11,12);3H2,1-2H3;(H2,2,3,4);;/q;;;;;2*+1/p-1. The maximum atomic E-state index is 13.3. The summed E-state index contributed by atoms with van der Waals surface area (Å²) in [5.41, 5.74) is 1.97. The summed E-state index contributed by atoms with van der Waals surface area (Å²) in [5.74, 6) is -3.73.